The van der Waals surface area contributed by atoms with Crippen molar-refractivity contribution in [3.8, 4) is 0 Å². The van der Waals surface area contributed by atoms with Gasteiger partial charge in [-0.2, -0.15) is 0 Å². The zero-order chi connectivity index (χ0) is 4.50. The molecule has 0 amide bonds. The molecule has 21 N–H and O–H groups in total. The van der Waals surface area contributed by atoms with Crippen LogP contribution in [-0.4, -0.2) is 113 Å². The fourth-order valence-corrected chi connectivity index (χ4v) is 0. The van der Waals surface area contributed by atoms with Gasteiger partial charge in [-0.25, -0.2) is 4.57 Å². The topological polar surface area (TPSA) is 361 Å². The van der Waals surface area contributed by atoms with Crippen molar-refractivity contribution in [1.82, 2.24) is 0 Å². The number of hydrogen-bond acceptors (Lipinski definition) is 1. The molecular formula is H23BaO13P. The first-order valence-corrected chi connectivity index (χ1v) is 2.35. The maximum atomic E-state index is 8.88. The third kappa shape index (κ3) is 1560. The Bertz CT molecular complexity index is 56.7. The summed E-state index contributed by atoms with van der Waals surface area (Å²) in [7, 11) is -4.64. The van der Waals surface area contributed by atoms with Crippen molar-refractivity contribution in [3.63, 3.8) is 0 Å². The maximum absolute atomic E-state index is 8.88. The molecule has 0 unspecified atom stereocenters. The quantitative estimate of drug-likeness (QED) is 0.263. The van der Waals surface area contributed by atoms with Crippen LogP contribution in [0.25, 0.3) is 0 Å². The van der Waals surface area contributed by atoms with E-state index in [0.717, 1.165) is 0 Å². The van der Waals surface area contributed by atoms with Gasteiger partial charge >= 0.3 is 56.7 Å². The fourth-order valence-electron chi connectivity index (χ4n) is 0. The molecule has 0 radical (unpaired) electrons. The van der Waals surface area contributed by atoms with Gasteiger partial charge in [-0.05, 0) is 0 Å². The molecule has 0 aromatic rings. The third-order valence-electron chi connectivity index (χ3n) is 0. The molecule has 0 fully saturated rings. The zero-order valence-electron chi connectivity index (χ0n) is 6.70. The first kappa shape index (κ1) is 135. The second kappa shape index (κ2) is 58.6. The Balaban J connectivity index is -0.00000000178. The molecule has 0 atom stereocenters. The van der Waals surface area contributed by atoms with Gasteiger partial charge < -0.3 is 64.0 Å². The zero-order valence-corrected chi connectivity index (χ0v) is 7.59. The molecule has 15 heteroatoms. The molecule has 0 rings (SSSR count). The molecule has 0 aliphatic rings. The molecule has 108 valence electrons. The van der Waals surface area contributed by atoms with E-state index in [1.54, 1.807) is 0 Å². The minimum absolute atomic E-state index is 0. The van der Waals surface area contributed by atoms with Crippen LogP contribution in [0.1, 0.15) is 0 Å². The van der Waals surface area contributed by atoms with Gasteiger partial charge in [0, 0.05) is 0 Å². The normalized spacial score (nSPS) is 3.93. The summed E-state index contributed by atoms with van der Waals surface area (Å²) in [5, 5.41) is 0. The second-order valence-corrected chi connectivity index (χ2v) is 1.54. The summed E-state index contributed by atoms with van der Waals surface area (Å²) in [6.07, 6.45) is 0. The van der Waals surface area contributed by atoms with E-state index in [1.165, 1.54) is 0 Å². The standard InChI is InChI=1S/Ba.H3O4P.9H2O.2H/c;1-5(2,3)4;;;;;;;;;;;/h;(H3,1,2,3,4);9*1H2;;. The molecule has 0 bridgehead atoms. The van der Waals surface area contributed by atoms with Crippen molar-refractivity contribution in [3.05, 3.63) is 0 Å². The molecule has 0 saturated heterocycles. The molecule has 0 aliphatic heterocycles. The van der Waals surface area contributed by atoms with Crippen molar-refractivity contribution in [2.75, 3.05) is 0 Å². The van der Waals surface area contributed by atoms with Crippen LogP contribution in [0.5, 0.6) is 0 Å². The van der Waals surface area contributed by atoms with E-state index in [-0.39, 0.29) is 98.2 Å². The van der Waals surface area contributed by atoms with E-state index in [2.05, 4.69) is 0 Å². The fraction of sp³-hybridized carbons (Fsp3) is 0. The van der Waals surface area contributed by atoms with Gasteiger partial charge in [0.2, 0.25) is 0 Å². The molecule has 0 aliphatic carbocycles. The van der Waals surface area contributed by atoms with E-state index in [4.69, 9.17) is 19.2 Å². The van der Waals surface area contributed by atoms with Gasteiger partial charge in [0.05, 0.1) is 0 Å². The van der Waals surface area contributed by atoms with E-state index in [1.807, 2.05) is 0 Å². The van der Waals surface area contributed by atoms with E-state index in [0.29, 0.717) is 0 Å². The number of rotatable bonds is 0. The first-order valence-electron chi connectivity index (χ1n) is 0.783. The average Bonchev–Trinajstić information content (AvgIpc) is 0.722. The molecule has 0 aromatic heterocycles. The van der Waals surface area contributed by atoms with Crippen molar-refractivity contribution in [2.24, 2.45) is 0 Å². The molecular weight excluding hydrogens is 376 g/mol. The van der Waals surface area contributed by atoms with Crippen molar-refractivity contribution in [1.29, 1.82) is 0 Å². The van der Waals surface area contributed by atoms with Crippen LogP contribution in [0.4, 0.5) is 0 Å². The van der Waals surface area contributed by atoms with Gasteiger partial charge in [-0.15, -0.1) is 0 Å². The van der Waals surface area contributed by atoms with E-state index in [9.17, 15) is 0 Å². The summed E-state index contributed by atoms with van der Waals surface area (Å²) in [6, 6.07) is 0. The molecule has 0 aromatic carbocycles. The third-order valence-corrected chi connectivity index (χ3v) is 0. The summed E-state index contributed by atoms with van der Waals surface area (Å²) in [4.78, 5) is 21.6. The summed E-state index contributed by atoms with van der Waals surface area (Å²) < 4.78 is 8.88. The van der Waals surface area contributed by atoms with Gasteiger partial charge in [-0.3, -0.25) is 0 Å². The SMILES string of the molecule is O.O.O.O.O.O.O.O.O.O=P(O)(O)O.[BaH2]. The van der Waals surface area contributed by atoms with E-state index < -0.39 is 7.82 Å². The summed E-state index contributed by atoms with van der Waals surface area (Å²) >= 11 is 0. The summed E-state index contributed by atoms with van der Waals surface area (Å²) in [6.45, 7) is 0. The van der Waals surface area contributed by atoms with E-state index >= 15 is 0 Å². The number of hydrogen-bond donors (Lipinski definition) is 3. The van der Waals surface area contributed by atoms with Crippen LogP contribution in [0.3, 0.4) is 0 Å². The Morgan fingerprint density at radius 1 is 0.533 bits per heavy atom. The number of phosphoric acid groups is 1. The minimum atomic E-state index is -4.64. The first-order chi connectivity index (χ1) is 2.00. The summed E-state index contributed by atoms with van der Waals surface area (Å²) in [5.41, 5.74) is 0. The Labute approximate surface area is 124 Å². The van der Waals surface area contributed by atoms with Crippen molar-refractivity contribution in [2.45, 2.75) is 0 Å². The van der Waals surface area contributed by atoms with Crippen LogP contribution >= 0.6 is 7.82 Å². The van der Waals surface area contributed by atoms with Crippen molar-refractivity contribution >= 4 is 56.7 Å². The predicted molar refractivity (Wildman–Crippen MR) is 55.3 cm³/mol. The van der Waals surface area contributed by atoms with Gasteiger partial charge in [-0.1, -0.05) is 0 Å². The van der Waals surface area contributed by atoms with Gasteiger partial charge in [0.15, 0.2) is 0 Å². The van der Waals surface area contributed by atoms with Crippen molar-refractivity contribution < 1.29 is 68.5 Å². The van der Waals surface area contributed by atoms with Gasteiger partial charge in [0.25, 0.3) is 0 Å². The van der Waals surface area contributed by atoms with Gasteiger partial charge in [0.1, 0.15) is 0 Å². The molecule has 0 saturated carbocycles. The molecule has 13 nitrogen and oxygen atoms in total. The predicted octanol–water partition coefficient (Wildman–Crippen LogP) is -9.27. The van der Waals surface area contributed by atoms with Crippen LogP contribution in [0.2, 0.25) is 0 Å². The Kier molecular flexibility index (Phi) is 529. The Hall–Kier alpha value is 1.32. The molecule has 0 spiro atoms. The van der Waals surface area contributed by atoms with Crippen LogP contribution < -0.4 is 0 Å². The second-order valence-electron chi connectivity index (χ2n) is 0.513. The monoisotopic (exact) mass is 400 g/mol. The Morgan fingerprint density at radius 3 is 0.533 bits per heavy atom. The van der Waals surface area contributed by atoms with Crippen LogP contribution in [-0.2, 0) is 4.57 Å². The molecule has 0 heterocycles. The van der Waals surface area contributed by atoms with Crippen LogP contribution in [0, 0.1) is 0 Å². The average molecular weight is 399 g/mol. The summed E-state index contributed by atoms with van der Waals surface area (Å²) in [5.74, 6) is 0. The van der Waals surface area contributed by atoms with Crippen LogP contribution in [0.15, 0.2) is 0 Å². The Morgan fingerprint density at radius 2 is 0.533 bits per heavy atom. The molecule has 15 heavy (non-hydrogen) atoms.